The van der Waals surface area contributed by atoms with Crippen LogP contribution < -0.4 is 0 Å². The summed E-state index contributed by atoms with van der Waals surface area (Å²) in [7, 11) is 0. The fourth-order valence-corrected chi connectivity index (χ4v) is 22.1. The van der Waals surface area contributed by atoms with E-state index in [1.165, 1.54) is 11.8 Å². The Morgan fingerprint density at radius 1 is 0.341 bits per heavy atom. The molecule has 8 fully saturated rings. The smallest absolute Gasteiger partial charge is 0.304 e. The van der Waals surface area contributed by atoms with Crippen LogP contribution in [0.4, 0.5) is 0 Å². The predicted octanol–water partition coefficient (Wildman–Crippen LogP) is -6.69. The van der Waals surface area contributed by atoms with Crippen LogP contribution in [0, 0.1) is 0 Å². The van der Waals surface area contributed by atoms with Gasteiger partial charge >= 0.3 is 47.8 Å². The number of hydrogen-bond donors (Lipinski definition) is 24. The van der Waals surface area contributed by atoms with Gasteiger partial charge in [-0.15, -0.1) is 0 Å². The van der Waals surface area contributed by atoms with E-state index in [2.05, 4.69) is 0 Å². The molecule has 48 nitrogen and oxygen atoms in total. The molecule has 38 atom stereocenters. The Labute approximate surface area is 770 Å². The normalized spacial score (nSPS) is 38.0. The van der Waals surface area contributed by atoms with E-state index < -0.39 is 330 Å². The van der Waals surface area contributed by atoms with Crippen molar-refractivity contribution in [2.75, 3.05) is 98.7 Å². The van der Waals surface area contributed by atoms with Gasteiger partial charge in [0, 0.05) is 86.3 Å². The van der Waals surface area contributed by atoms with Crippen molar-refractivity contribution in [2.45, 2.75) is 297 Å². The Balaban J connectivity index is 1.03. The summed E-state index contributed by atoms with van der Waals surface area (Å²) in [6, 6.07) is 0. The first kappa shape index (κ1) is 112. The molecular weight excluding hydrogens is 1900 g/mol. The van der Waals surface area contributed by atoms with Gasteiger partial charge in [0.2, 0.25) is 0 Å². The lowest BCUT2D eigenvalue weighted by atomic mass is 9.89. The molecule has 129 heavy (non-hydrogen) atoms. The molecule has 0 aromatic heterocycles. The van der Waals surface area contributed by atoms with Crippen LogP contribution in [-0.2, 0) is 114 Å². The summed E-state index contributed by atoms with van der Waals surface area (Å²) in [5.74, 6) is -12.4. The highest BCUT2D eigenvalue weighted by molar-refractivity contribution is 8.00. The Morgan fingerprint density at radius 3 is 1.00 bits per heavy atom. The third kappa shape index (κ3) is 33.3. The highest BCUT2D eigenvalue weighted by Gasteiger charge is 2.63. The molecule has 0 bridgehead atoms. The Bertz CT molecular complexity index is 3460. The van der Waals surface area contributed by atoms with Crippen LogP contribution in [0.25, 0.3) is 0 Å². The zero-order valence-electron chi connectivity index (χ0n) is 69.0. The molecule has 8 saturated heterocycles. The van der Waals surface area contributed by atoms with Crippen LogP contribution in [0.1, 0.15) is 64.7 Å². The highest BCUT2D eigenvalue weighted by atomic mass is 32.2. The highest BCUT2D eigenvalue weighted by Crippen LogP contribution is 2.45. The summed E-state index contributed by atoms with van der Waals surface area (Å²) in [5, 5.41) is 264. The largest absolute Gasteiger partial charge is 0.481 e. The molecule has 0 aliphatic carbocycles. The lowest BCUT2D eigenvalue weighted by Gasteiger charge is -2.50. The Hall–Kier alpha value is -2.72. The Kier molecular flexibility index (Phi) is 47.2. The summed E-state index contributed by atoms with van der Waals surface area (Å²) >= 11 is 7.56. The second-order valence-electron chi connectivity index (χ2n) is 31.0. The fourth-order valence-electron chi connectivity index (χ4n) is 14.2. The summed E-state index contributed by atoms with van der Waals surface area (Å²) in [6.45, 7) is 0.729. The van der Waals surface area contributed by atoms with Crippen molar-refractivity contribution >= 4 is 142 Å². The van der Waals surface area contributed by atoms with Gasteiger partial charge in [-0.2, -0.15) is 94.1 Å². The van der Waals surface area contributed by atoms with Crippen LogP contribution in [-0.4, -0.2) is 502 Å². The van der Waals surface area contributed by atoms with Gasteiger partial charge in [-0.3, -0.25) is 38.4 Å². The number of aliphatic hydroxyl groups is 16. The summed E-state index contributed by atoms with van der Waals surface area (Å²) in [4.78, 5) is 105. The van der Waals surface area contributed by atoms with Gasteiger partial charge in [0.1, 0.15) is 152 Å². The quantitative estimate of drug-likeness (QED) is 0.0116. The maximum Gasteiger partial charge on any atom is 0.304 e. The van der Waals surface area contributed by atoms with E-state index in [0.717, 1.165) is 89.3 Å². The number of hydrogen-bond acceptors (Lipinski definition) is 48. The second kappa shape index (κ2) is 54.6. The average Bonchev–Trinajstić information content (AvgIpc) is 1.61. The van der Waals surface area contributed by atoms with Gasteiger partial charge < -0.3 is 189 Å². The number of thioether (sulfide) groups is 8. The molecule has 8 aliphatic rings. The van der Waals surface area contributed by atoms with Crippen molar-refractivity contribution in [1.82, 2.24) is 0 Å². The molecule has 8 heterocycles. The number of carboxylic acids is 8. The summed E-state index contributed by atoms with van der Waals surface area (Å²) in [6.07, 6.45) is -73.1. The molecule has 0 spiro atoms. The van der Waals surface area contributed by atoms with Crippen LogP contribution in [0.2, 0.25) is 0 Å². The van der Waals surface area contributed by atoms with Crippen LogP contribution >= 0.6 is 94.1 Å². The maximum absolute atomic E-state index is 12.4. The van der Waals surface area contributed by atoms with Crippen molar-refractivity contribution in [3.05, 3.63) is 0 Å². The van der Waals surface area contributed by atoms with E-state index >= 15 is 0 Å². The molecule has 8 rings (SSSR count). The fraction of sp³-hybridized carbons (Fsp3) is 0.890. The first-order valence-corrected chi connectivity index (χ1v) is 50.1. The number of carbonyl (C=O) groups is 8. The van der Waals surface area contributed by atoms with Gasteiger partial charge in [0.05, 0.1) is 94.6 Å². The first-order valence-electron chi connectivity index (χ1n) is 40.9. The molecule has 8 aliphatic heterocycles. The summed E-state index contributed by atoms with van der Waals surface area (Å²) in [5.41, 5.74) is -1.72. The van der Waals surface area contributed by atoms with Crippen molar-refractivity contribution in [2.24, 2.45) is 0 Å². The standard InChI is InChI=1S/C73H116O48S8/c1-28(74)44(91)62(35(26-129-18-9-43(89)90)120-121-63-34(25-128-17-8-42(87)88)112-71(57(104)51(63)98)119-73(10-19-122-11-2-36(75)76)27-106-72-64(118-72)65(73)105)117-70-56(103)50(97)61(33(111-70)24-127-16-7-41(85)86)116-69-55(102)49(96)60(32(110-69)23-126-15-6-40(83)84)115-68-54(101)48(95)59(31(109-68)22-125-14-5-39(81)82)114-67-53(100)47(94)58(30(108-67)21-124-13-4-38(79)80)113-66-52(99)46(93)45(92)29(107-66)20-123-12-3-37(77)78/h28-35,44-72,74,91-105H,2-27H2,1H3,(H,75,76)(H,77,78)(H,79,80)(H,81,82)(H,83,84)(H,85,86)(H,87,88)(H,89,90). The minimum absolute atomic E-state index is 0.0390. The number of rotatable bonds is 59. The molecular formula is C73H116O48S8. The van der Waals surface area contributed by atoms with E-state index in [1.54, 1.807) is 0 Å². The van der Waals surface area contributed by atoms with E-state index in [1.807, 2.05) is 0 Å². The van der Waals surface area contributed by atoms with Crippen molar-refractivity contribution in [1.29, 1.82) is 0 Å². The van der Waals surface area contributed by atoms with E-state index in [9.17, 15) is 156 Å². The van der Waals surface area contributed by atoms with Gasteiger partial charge in [-0.1, -0.05) is 0 Å². The molecule has 0 aromatic carbocycles. The van der Waals surface area contributed by atoms with Crippen molar-refractivity contribution in [3.63, 3.8) is 0 Å². The average molecular weight is 2020 g/mol. The molecule has 24 N–H and O–H groups in total. The number of ether oxygens (including phenoxy) is 14. The molecule has 744 valence electrons. The van der Waals surface area contributed by atoms with Gasteiger partial charge in [-0.25, -0.2) is 9.78 Å². The lowest BCUT2D eigenvalue weighted by Crippen LogP contribution is -2.68. The molecule has 38 unspecified atom stereocenters. The molecule has 56 heteroatoms. The topological polar surface area (TPSA) is 773 Å². The number of carboxylic acid groups (broad SMARTS) is 8. The maximum atomic E-state index is 12.4. The molecule has 0 radical (unpaired) electrons. The number of epoxide rings is 1. The number of aliphatic hydroxyl groups excluding tert-OH is 16. The second-order valence-corrected chi connectivity index (χ2v) is 40.3. The molecule has 0 saturated carbocycles. The Morgan fingerprint density at radius 2 is 0.636 bits per heavy atom. The van der Waals surface area contributed by atoms with E-state index in [0.29, 0.717) is 0 Å². The van der Waals surface area contributed by atoms with Crippen LogP contribution in [0.15, 0.2) is 0 Å². The third-order valence-electron chi connectivity index (χ3n) is 21.3. The minimum Gasteiger partial charge on any atom is -0.481 e. The zero-order chi connectivity index (χ0) is 94.8. The third-order valence-corrected chi connectivity index (χ3v) is 29.7. The molecule has 0 amide bonds. The predicted molar refractivity (Wildman–Crippen MR) is 448 cm³/mol. The van der Waals surface area contributed by atoms with Crippen LogP contribution in [0.5, 0.6) is 0 Å². The van der Waals surface area contributed by atoms with Crippen LogP contribution in [0.3, 0.4) is 0 Å². The van der Waals surface area contributed by atoms with Gasteiger partial charge in [0.15, 0.2) is 44.0 Å². The summed E-state index contributed by atoms with van der Waals surface area (Å²) < 4.78 is 85.6. The van der Waals surface area contributed by atoms with Gasteiger partial charge in [-0.05, 0) is 19.1 Å². The first-order chi connectivity index (χ1) is 61.1. The van der Waals surface area contributed by atoms with Gasteiger partial charge in [0.25, 0.3) is 0 Å². The van der Waals surface area contributed by atoms with Crippen molar-refractivity contribution < 1.29 is 237 Å². The monoisotopic (exact) mass is 2020 g/mol. The number of aliphatic carboxylic acids is 8. The van der Waals surface area contributed by atoms with Crippen molar-refractivity contribution in [3.8, 4) is 0 Å². The minimum atomic E-state index is -2.37. The SMILES string of the molecule is CC(O)C(O)C(OC1OC(CSCCC(=O)O)C(OC2OC(CSCCC(=O)O)C(OC3OC(CSCCC(=O)O)C(OC4OC(CSCCC(=O)O)C(OC5OC(CSCCC(=O)O)C(O)C(O)C5O)C(O)C4O)C(O)C3O)C(O)C2O)C(O)C1O)C(CSCCC(=O)O)OOC1C(CSCCC(=O)O)OC(OC2(CCSCCC(=O)O)COC3OC3C2O)C(O)C1O. The molecule has 0 aromatic rings. The van der Waals surface area contributed by atoms with E-state index in [4.69, 9.17) is 81.2 Å². The number of fused-ring (bicyclic) bond motifs is 1. The zero-order valence-corrected chi connectivity index (χ0v) is 75.6. The van der Waals surface area contributed by atoms with E-state index in [-0.39, 0.29) is 107 Å². The lowest BCUT2D eigenvalue weighted by molar-refractivity contribution is -0.426.